The fraction of sp³-hybridized carbons (Fsp3) is 0.200. The number of nitrogens with zero attached hydrogens (tertiary/aromatic N) is 2. The maximum atomic E-state index is 12.9. The SMILES string of the molecule is [O-][N@+]12O[C@H](c3ccsc31)[N@+]1([O-])O[C@H]2c2ccsc21. The van der Waals surface area contributed by atoms with Crippen LogP contribution in [-0.2, 0) is 9.68 Å². The largest absolute Gasteiger partial charge is 0.590 e. The summed E-state index contributed by atoms with van der Waals surface area (Å²) < 4.78 is 0. The van der Waals surface area contributed by atoms with E-state index < -0.39 is 22.1 Å². The zero-order valence-corrected chi connectivity index (χ0v) is 10.4. The molecule has 18 heavy (non-hydrogen) atoms. The fourth-order valence-corrected chi connectivity index (χ4v) is 4.69. The van der Waals surface area contributed by atoms with Gasteiger partial charge in [0.1, 0.15) is 11.1 Å². The molecule has 0 amide bonds. The van der Waals surface area contributed by atoms with Gasteiger partial charge in [0.2, 0.25) is 10.0 Å². The van der Waals surface area contributed by atoms with E-state index in [0.717, 1.165) is 0 Å². The third-order valence-electron chi connectivity index (χ3n) is 3.58. The second-order valence-corrected chi connectivity index (χ2v) is 6.26. The highest BCUT2D eigenvalue weighted by Gasteiger charge is 2.69. The van der Waals surface area contributed by atoms with Crippen LogP contribution in [0.15, 0.2) is 22.9 Å². The summed E-state index contributed by atoms with van der Waals surface area (Å²) in [5, 5.41) is 30.4. The Kier molecular flexibility index (Phi) is 1.50. The van der Waals surface area contributed by atoms with E-state index in [1.54, 1.807) is 12.1 Å². The first kappa shape index (κ1) is 10.0. The van der Waals surface area contributed by atoms with Crippen molar-refractivity contribution in [3.8, 4) is 0 Å². The maximum absolute atomic E-state index is 12.9. The molecule has 0 aromatic carbocycles. The minimum Gasteiger partial charge on any atom is -0.590 e. The molecule has 0 radical (unpaired) electrons. The van der Waals surface area contributed by atoms with Crippen LogP contribution in [0.3, 0.4) is 0 Å². The molecule has 92 valence electrons. The van der Waals surface area contributed by atoms with Crippen molar-refractivity contribution in [2.75, 3.05) is 0 Å². The summed E-state index contributed by atoms with van der Waals surface area (Å²) in [7, 11) is 0. The van der Waals surface area contributed by atoms with E-state index in [-0.39, 0.29) is 0 Å². The molecule has 5 heterocycles. The first-order valence-electron chi connectivity index (χ1n) is 5.37. The third-order valence-corrected chi connectivity index (χ3v) is 5.55. The molecule has 8 heteroatoms. The molecule has 2 aromatic rings. The number of thiophene rings is 2. The second kappa shape index (κ2) is 2.69. The van der Waals surface area contributed by atoms with E-state index in [2.05, 4.69) is 0 Å². The van der Waals surface area contributed by atoms with Crippen molar-refractivity contribution in [3.05, 3.63) is 44.4 Å². The number of hydrogen-bond donors (Lipinski definition) is 0. The van der Waals surface area contributed by atoms with Gasteiger partial charge in [0.05, 0.1) is 0 Å². The Bertz CT molecular complexity index is 627. The molecule has 6 nitrogen and oxygen atoms in total. The van der Waals surface area contributed by atoms with E-state index >= 15 is 0 Å². The Morgan fingerprint density at radius 2 is 1.33 bits per heavy atom. The third kappa shape index (κ3) is 0.813. The fourth-order valence-electron chi connectivity index (χ4n) is 2.82. The van der Waals surface area contributed by atoms with Gasteiger partial charge in [-0.25, -0.2) is 0 Å². The first-order chi connectivity index (χ1) is 8.64. The van der Waals surface area contributed by atoms with Gasteiger partial charge in [0.15, 0.2) is 0 Å². The van der Waals surface area contributed by atoms with Crippen molar-refractivity contribution in [1.29, 1.82) is 0 Å². The standard InChI is InChI=1S/C10H6N2O4S2/c13-11-7-5-1-3-17-9(5)12(14,15-7)8(16-11)6-2-4-18-10(6)11/h1-4,7-8H/t7-,8+,11+,12-. The molecule has 4 bridgehead atoms. The van der Waals surface area contributed by atoms with Crippen LogP contribution in [0.5, 0.6) is 0 Å². The summed E-state index contributed by atoms with van der Waals surface area (Å²) in [6.07, 6.45) is -1.81. The molecule has 0 spiro atoms. The minimum absolute atomic E-state index is 0.526. The second-order valence-electron chi connectivity index (χ2n) is 4.47. The quantitative estimate of drug-likeness (QED) is 0.550. The van der Waals surface area contributed by atoms with Crippen LogP contribution in [0, 0.1) is 10.4 Å². The smallest absolute Gasteiger partial charge is 0.313 e. The highest BCUT2D eigenvalue weighted by atomic mass is 32.1. The lowest BCUT2D eigenvalue weighted by molar-refractivity contribution is -0.380. The summed E-state index contributed by atoms with van der Waals surface area (Å²) in [6, 6.07) is 3.55. The van der Waals surface area contributed by atoms with Crippen LogP contribution in [0.1, 0.15) is 23.6 Å². The average molecular weight is 282 g/mol. The topological polar surface area (TPSA) is 64.6 Å². The zero-order valence-electron chi connectivity index (χ0n) is 8.81. The van der Waals surface area contributed by atoms with Crippen LogP contribution in [0.2, 0.25) is 0 Å². The van der Waals surface area contributed by atoms with Crippen molar-refractivity contribution in [2.24, 2.45) is 0 Å². The number of hydroxylamine groups is 4. The van der Waals surface area contributed by atoms with E-state index in [4.69, 9.17) is 9.68 Å². The summed E-state index contributed by atoms with van der Waals surface area (Å²) in [5.74, 6) is 0. The van der Waals surface area contributed by atoms with E-state index in [1.807, 2.05) is 10.8 Å². The first-order valence-corrected chi connectivity index (χ1v) is 7.13. The lowest BCUT2D eigenvalue weighted by atomic mass is 10.2. The monoisotopic (exact) mass is 282 g/mol. The number of quaternary nitrogens is 2. The number of fused-ring (bicyclic) bond motifs is 2. The van der Waals surface area contributed by atoms with E-state index in [9.17, 15) is 10.4 Å². The minimum atomic E-state index is -1.01. The molecule has 0 aliphatic carbocycles. The summed E-state index contributed by atoms with van der Waals surface area (Å²) >= 11 is 2.62. The van der Waals surface area contributed by atoms with Crippen LogP contribution in [0.25, 0.3) is 0 Å². The van der Waals surface area contributed by atoms with Crippen molar-refractivity contribution < 1.29 is 9.68 Å². The predicted octanol–water partition coefficient (Wildman–Crippen LogP) is 3.02. The molecule has 5 rings (SSSR count). The predicted molar refractivity (Wildman–Crippen MR) is 66.6 cm³/mol. The Labute approximate surface area is 109 Å². The number of hydrogen-bond acceptors (Lipinski definition) is 6. The Morgan fingerprint density at radius 1 is 0.889 bits per heavy atom. The van der Waals surface area contributed by atoms with Gasteiger partial charge >= 0.3 is 12.5 Å². The summed E-state index contributed by atoms with van der Waals surface area (Å²) in [5.41, 5.74) is 1.32. The highest BCUT2D eigenvalue weighted by Crippen LogP contribution is 2.65. The van der Waals surface area contributed by atoms with Crippen molar-refractivity contribution in [3.63, 3.8) is 0 Å². The van der Waals surface area contributed by atoms with Gasteiger partial charge in [-0.2, -0.15) is 0 Å². The Balaban J connectivity index is 1.89. The molecule has 4 atom stereocenters. The van der Waals surface area contributed by atoms with Crippen LogP contribution < -0.4 is 9.62 Å². The van der Waals surface area contributed by atoms with Gasteiger partial charge in [-0.3, -0.25) is 0 Å². The van der Waals surface area contributed by atoms with Crippen molar-refractivity contribution >= 4 is 32.7 Å². The van der Waals surface area contributed by atoms with E-state index in [1.165, 1.54) is 22.7 Å². The zero-order chi connectivity index (χ0) is 12.1. The maximum Gasteiger partial charge on any atom is 0.313 e. The molecule has 3 aliphatic heterocycles. The lowest BCUT2D eigenvalue weighted by Gasteiger charge is -2.45. The summed E-state index contributed by atoms with van der Waals surface area (Å²) in [4.78, 5) is 8.90. The molecule has 0 saturated heterocycles. The van der Waals surface area contributed by atoms with Crippen LogP contribution in [-0.4, -0.2) is 0 Å². The molecule has 0 saturated carbocycles. The number of rotatable bonds is 0. The molecule has 2 aromatic heterocycles. The highest BCUT2D eigenvalue weighted by molar-refractivity contribution is 7.14. The van der Waals surface area contributed by atoms with Gasteiger partial charge in [0.25, 0.3) is 0 Å². The van der Waals surface area contributed by atoms with Gasteiger partial charge < -0.3 is 10.4 Å². The van der Waals surface area contributed by atoms with Crippen molar-refractivity contribution in [1.82, 2.24) is 9.62 Å². The molecule has 3 aliphatic rings. The summed E-state index contributed by atoms with van der Waals surface area (Å²) in [6.45, 7) is 0. The Morgan fingerprint density at radius 3 is 1.78 bits per heavy atom. The molecular formula is C10H6N2O4S2. The lowest BCUT2D eigenvalue weighted by Crippen LogP contribution is -2.55. The van der Waals surface area contributed by atoms with Crippen molar-refractivity contribution in [2.45, 2.75) is 12.5 Å². The molecular weight excluding hydrogens is 276 g/mol. The van der Waals surface area contributed by atoms with Gasteiger partial charge in [0, 0.05) is 0 Å². The van der Waals surface area contributed by atoms with Gasteiger partial charge in [-0.05, 0) is 22.9 Å². The normalized spacial score (nSPS) is 43.0. The Hall–Kier alpha value is -0.840. The average Bonchev–Trinajstić information content (AvgIpc) is 3.04. The van der Waals surface area contributed by atoms with E-state index in [0.29, 0.717) is 21.1 Å². The molecule has 0 unspecified atom stereocenters. The van der Waals surface area contributed by atoms with Gasteiger partial charge in [-0.15, -0.1) is 19.3 Å². The molecule has 0 fully saturated rings. The van der Waals surface area contributed by atoms with Crippen LogP contribution >= 0.6 is 22.7 Å². The van der Waals surface area contributed by atoms with Crippen LogP contribution in [0.4, 0.5) is 10.0 Å². The van der Waals surface area contributed by atoms with Gasteiger partial charge in [-0.1, -0.05) is 22.7 Å². The molecule has 0 N–H and O–H groups in total.